The number of aromatic nitrogens is 5. The molecule has 1 N–H and O–H groups in total. The molecule has 6 nitrogen and oxygen atoms in total. The Balaban J connectivity index is 1.66. The summed E-state index contributed by atoms with van der Waals surface area (Å²) in [6, 6.07) is 2.08. The highest BCUT2D eigenvalue weighted by Gasteiger charge is 2.36. The summed E-state index contributed by atoms with van der Waals surface area (Å²) in [5.41, 5.74) is 4.16. The van der Waals surface area contributed by atoms with Gasteiger partial charge in [-0.05, 0) is 37.5 Å². The first-order valence-corrected chi connectivity index (χ1v) is 8.11. The summed E-state index contributed by atoms with van der Waals surface area (Å²) in [5, 5.41) is 6.45. The van der Waals surface area contributed by atoms with E-state index in [-0.39, 0.29) is 5.95 Å². The van der Waals surface area contributed by atoms with Gasteiger partial charge >= 0.3 is 6.18 Å². The largest absolute Gasteiger partial charge is 0.408 e. The summed E-state index contributed by atoms with van der Waals surface area (Å²) in [5.74, 6) is -0.0125. The fraction of sp³-hybridized carbons (Fsp3) is 0.294. The number of hydrogen-bond donors (Lipinski definition) is 1. The molecule has 1 aliphatic rings. The number of hydrogen-bond acceptors (Lipinski definition) is 5. The number of rotatable bonds is 3. The molecule has 0 radical (unpaired) electrons. The smallest absolute Gasteiger partial charge is 0.343 e. The minimum Gasteiger partial charge on any atom is -0.343 e. The quantitative estimate of drug-likeness (QED) is 0.777. The SMILES string of the molecule is C[C@@H](Nc1ncc2c(n1)CCC=C2c1ccc2ncnn2c1)C(F)(F)F. The molecular weight excluding hydrogens is 345 g/mol. The standard InChI is InChI=1S/C17H15F3N6/c1-10(17(18,19)20)24-16-21-7-13-12(3-2-4-14(13)25-16)11-5-6-15-22-9-23-26(15)8-11/h3,5-10H,2,4H2,1H3,(H,21,24,25)/t10-/m1/s1. The summed E-state index contributed by atoms with van der Waals surface area (Å²) >= 11 is 0. The molecular formula is C17H15F3N6. The fourth-order valence-corrected chi connectivity index (χ4v) is 2.89. The highest BCUT2D eigenvalue weighted by atomic mass is 19.4. The second-order valence-corrected chi connectivity index (χ2v) is 6.10. The molecule has 0 aliphatic heterocycles. The molecule has 26 heavy (non-hydrogen) atoms. The molecule has 0 amide bonds. The lowest BCUT2D eigenvalue weighted by molar-refractivity contribution is -0.138. The highest BCUT2D eigenvalue weighted by Crippen LogP contribution is 2.31. The number of nitrogens with zero attached hydrogens (tertiary/aromatic N) is 5. The van der Waals surface area contributed by atoms with Gasteiger partial charge in [-0.1, -0.05) is 6.08 Å². The number of nitrogens with one attached hydrogen (secondary N) is 1. The summed E-state index contributed by atoms with van der Waals surface area (Å²) < 4.78 is 39.8. The second kappa shape index (κ2) is 6.08. The Morgan fingerprint density at radius 2 is 2.08 bits per heavy atom. The predicted molar refractivity (Wildman–Crippen MR) is 89.6 cm³/mol. The molecule has 134 valence electrons. The van der Waals surface area contributed by atoms with E-state index in [2.05, 4.69) is 31.4 Å². The van der Waals surface area contributed by atoms with Crippen molar-refractivity contribution in [3.8, 4) is 0 Å². The van der Waals surface area contributed by atoms with E-state index in [9.17, 15) is 13.2 Å². The monoisotopic (exact) mass is 360 g/mol. The van der Waals surface area contributed by atoms with Crippen LogP contribution in [0.25, 0.3) is 11.2 Å². The molecule has 3 aromatic heterocycles. The number of anilines is 1. The molecule has 0 unspecified atom stereocenters. The number of allylic oxidation sites excluding steroid dienone is 1. The molecule has 0 saturated heterocycles. The molecule has 0 bridgehead atoms. The van der Waals surface area contributed by atoms with Crippen LogP contribution in [0.3, 0.4) is 0 Å². The number of halogens is 3. The molecule has 0 saturated carbocycles. The maximum atomic E-state index is 12.7. The topological polar surface area (TPSA) is 68.0 Å². The zero-order valence-corrected chi connectivity index (χ0v) is 13.8. The zero-order chi connectivity index (χ0) is 18.3. The molecule has 3 heterocycles. The molecule has 0 spiro atoms. The van der Waals surface area contributed by atoms with Gasteiger partial charge in [-0.15, -0.1) is 0 Å². The van der Waals surface area contributed by atoms with Gasteiger partial charge in [0.25, 0.3) is 0 Å². The van der Waals surface area contributed by atoms with Crippen LogP contribution in [-0.4, -0.2) is 36.8 Å². The van der Waals surface area contributed by atoms with Crippen molar-refractivity contribution in [1.82, 2.24) is 24.6 Å². The van der Waals surface area contributed by atoms with E-state index in [0.29, 0.717) is 6.42 Å². The van der Waals surface area contributed by atoms with Gasteiger partial charge in [0, 0.05) is 23.5 Å². The van der Waals surface area contributed by atoms with E-state index in [1.807, 2.05) is 18.3 Å². The van der Waals surface area contributed by atoms with E-state index in [4.69, 9.17) is 0 Å². The number of pyridine rings is 1. The van der Waals surface area contributed by atoms with Crippen LogP contribution in [0.4, 0.5) is 19.1 Å². The molecule has 0 aromatic carbocycles. The Kier molecular flexibility index (Phi) is 3.86. The van der Waals surface area contributed by atoms with Gasteiger partial charge < -0.3 is 5.32 Å². The highest BCUT2D eigenvalue weighted by molar-refractivity contribution is 5.81. The summed E-state index contributed by atoms with van der Waals surface area (Å²) in [6.45, 7) is 1.04. The molecule has 4 rings (SSSR count). The number of fused-ring (bicyclic) bond motifs is 2. The normalized spacial score (nSPS) is 15.5. The van der Waals surface area contributed by atoms with Crippen LogP contribution in [0.2, 0.25) is 0 Å². The van der Waals surface area contributed by atoms with Crippen LogP contribution >= 0.6 is 0 Å². The Bertz CT molecular complexity index is 992. The summed E-state index contributed by atoms with van der Waals surface area (Å²) in [7, 11) is 0. The van der Waals surface area contributed by atoms with E-state index in [1.165, 1.54) is 6.33 Å². The van der Waals surface area contributed by atoms with Crippen molar-refractivity contribution in [2.45, 2.75) is 32.0 Å². The van der Waals surface area contributed by atoms with Crippen molar-refractivity contribution >= 4 is 17.2 Å². The number of alkyl halides is 3. The third-order valence-electron chi connectivity index (χ3n) is 4.31. The predicted octanol–water partition coefficient (Wildman–Crippen LogP) is 3.26. The lowest BCUT2D eigenvalue weighted by atomic mass is 9.92. The van der Waals surface area contributed by atoms with Gasteiger partial charge in [0.1, 0.15) is 12.4 Å². The van der Waals surface area contributed by atoms with Crippen molar-refractivity contribution in [1.29, 1.82) is 0 Å². The van der Waals surface area contributed by atoms with Crippen LogP contribution in [0, 0.1) is 0 Å². The van der Waals surface area contributed by atoms with E-state index in [0.717, 1.165) is 41.4 Å². The maximum Gasteiger partial charge on any atom is 0.408 e. The van der Waals surface area contributed by atoms with Crippen LogP contribution in [0.1, 0.15) is 30.2 Å². The number of aryl methyl sites for hydroxylation is 1. The van der Waals surface area contributed by atoms with Gasteiger partial charge in [-0.3, -0.25) is 0 Å². The van der Waals surface area contributed by atoms with E-state index >= 15 is 0 Å². The first kappa shape index (κ1) is 16.5. The van der Waals surface area contributed by atoms with Crippen molar-refractivity contribution in [3.63, 3.8) is 0 Å². The van der Waals surface area contributed by atoms with Crippen molar-refractivity contribution in [2.24, 2.45) is 0 Å². The Hall–Kier alpha value is -2.97. The van der Waals surface area contributed by atoms with E-state index < -0.39 is 12.2 Å². The van der Waals surface area contributed by atoms with Crippen LogP contribution in [-0.2, 0) is 6.42 Å². The average Bonchev–Trinajstić information content (AvgIpc) is 3.08. The average molecular weight is 360 g/mol. The maximum absolute atomic E-state index is 12.7. The molecule has 1 atom stereocenters. The lowest BCUT2D eigenvalue weighted by Crippen LogP contribution is -2.34. The second-order valence-electron chi connectivity index (χ2n) is 6.10. The van der Waals surface area contributed by atoms with Crippen molar-refractivity contribution in [2.75, 3.05) is 5.32 Å². The minimum absolute atomic E-state index is 0.0125. The van der Waals surface area contributed by atoms with Crippen LogP contribution in [0.15, 0.2) is 36.9 Å². The van der Waals surface area contributed by atoms with Gasteiger partial charge in [0.15, 0.2) is 5.65 Å². The molecule has 3 aromatic rings. The van der Waals surface area contributed by atoms with Crippen LogP contribution < -0.4 is 5.32 Å². The van der Waals surface area contributed by atoms with E-state index in [1.54, 1.807) is 10.7 Å². The Labute approximate surface area is 146 Å². The fourth-order valence-electron chi connectivity index (χ4n) is 2.89. The van der Waals surface area contributed by atoms with Crippen molar-refractivity contribution in [3.05, 3.63) is 53.8 Å². The molecule has 1 aliphatic carbocycles. The summed E-state index contributed by atoms with van der Waals surface area (Å²) in [4.78, 5) is 12.5. The first-order valence-electron chi connectivity index (χ1n) is 8.11. The van der Waals surface area contributed by atoms with Crippen LogP contribution in [0.5, 0.6) is 0 Å². The van der Waals surface area contributed by atoms with Gasteiger partial charge in [-0.2, -0.15) is 18.3 Å². The lowest BCUT2D eigenvalue weighted by Gasteiger charge is -2.20. The zero-order valence-electron chi connectivity index (χ0n) is 13.8. The van der Waals surface area contributed by atoms with Crippen molar-refractivity contribution < 1.29 is 13.2 Å². The summed E-state index contributed by atoms with van der Waals surface area (Å²) in [6.07, 6.45) is 4.05. The third kappa shape index (κ3) is 3.00. The Morgan fingerprint density at radius 3 is 2.88 bits per heavy atom. The Morgan fingerprint density at radius 1 is 1.23 bits per heavy atom. The molecule has 9 heteroatoms. The first-order chi connectivity index (χ1) is 12.4. The van der Waals surface area contributed by atoms with Gasteiger partial charge in [-0.25, -0.2) is 19.5 Å². The molecule has 0 fully saturated rings. The van der Waals surface area contributed by atoms with Gasteiger partial charge in [0.05, 0.1) is 5.69 Å². The van der Waals surface area contributed by atoms with Gasteiger partial charge in [0.2, 0.25) is 5.95 Å². The third-order valence-corrected chi connectivity index (χ3v) is 4.31. The minimum atomic E-state index is -4.35.